The molecule has 25 heavy (non-hydrogen) atoms. The predicted octanol–water partition coefficient (Wildman–Crippen LogP) is 3.75. The summed E-state index contributed by atoms with van der Waals surface area (Å²) in [7, 11) is -3.65. The van der Waals surface area contributed by atoms with Crippen molar-refractivity contribution < 1.29 is 13.5 Å². The smallest absolute Gasteiger partial charge is 0.264 e. The van der Waals surface area contributed by atoms with Gasteiger partial charge in [-0.05, 0) is 37.1 Å². The van der Waals surface area contributed by atoms with E-state index in [1.54, 1.807) is 30.3 Å². The molecule has 5 heteroatoms. The van der Waals surface area contributed by atoms with Crippen molar-refractivity contribution in [3.05, 3.63) is 65.7 Å². The number of rotatable bonds is 5. The van der Waals surface area contributed by atoms with Gasteiger partial charge in [0, 0.05) is 5.56 Å². The summed E-state index contributed by atoms with van der Waals surface area (Å²) < 4.78 is 27.6. The lowest BCUT2D eigenvalue weighted by Gasteiger charge is -2.31. The SMILES string of the molecule is CCCC(O)C1=CCN(S(=O)(=O)c2ccc(C)cc2)c2ccccc21. The maximum atomic E-state index is 13.1. The van der Waals surface area contributed by atoms with Crippen molar-refractivity contribution >= 4 is 21.3 Å². The number of nitrogens with zero attached hydrogens (tertiary/aromatic N) is 1. The Labute approximate surface area is 149 Å². The molecule has 0 bridgehead atoms. The Morgan fingerprint density at radius 1 is 1.12 bits per heavy atom. The van der Waals surface area contributed by atoms with Gasteiger partial charge in [-0.25, -0.2) is 8.42 Å². The fourth-order valence-corrected chi connectivity index (χ4v) is 4.56. The van der Waals surface area contributed by atoms with Crippen LogP contribution >= 0.6 is 0 Å². The topological polar surface area (TPSA) is 57.6 Å². The first-order valence-electron chi connectivity index (χ1n) is 8.52. The van der Waals surface area contributed by atoms with Crippen LogP contribution < -0.4 is 4.31 Å². The van der Waals surface area contributed by atoms with Crippen LogP contribution in [0.4, 0.5) is 5.69 Å². The van der Waals surface area contributed by atoms with Crippen LogP contribution in [0.5, 0.6) is 0 Å². The third-order valence-corrected chi connectivity index (χ3v) is 6.28. The zero-order chi connectivity index (χ0) is 18.0. The van der Waals surface area contributed by atoms with Crippen molar-refractivity contribution in [2.45, 2.75) is 37.7 Å². The van der Waals surface area contributed by atoms with Crippen molar-refractivity contribution in [2.75, 3.05) is 10.8 Å². The third-order valence-electron chi connectivity index (χ3n) is 4.49. The molecule has 0 saturated carbocycles. The van der Waals surface area contributed by atoms with E-state index in [1.165, 1.54) is 4.31 Å². The molecule has 1 unspecified atom stereocenters. The third kappa shape index (κ3) is 3.34. The van der Waals surface area contributed by atoms with Gasteiger partial charge in [0.1, 0.15) is 0 Å². The second-order valence-electron chi connectivity index (χ2n) is 6.33. The second kappa shape index (κ2) is 7.02. The maximum Gasteiger partial charge on any atom is 0.264 e. The Kier molecular flexibility index (Phi) is 4.97. The largest absolute Gasteiger partial charge is 0.388 e. The number of aryl methyl sites for hydroxylation is 1. The molecule has 0 aromatic heterocycles. The number of para-hydroxylation sites is 1. The van der Waals surface area contributed by atoms with Gasteiger partial charge in [-0.1, -0.05) is 55.3 Å². The molecule has 132 valence electrons. The van der Waals surface area contributed by atoms with E-state index in [1.807, 2.05) is 38.1 Å². The molecule has 1 aliphatic heterocycles. The number of anilines is 1. The van der Waals surface area contributed by atoms with Gasteiger partial charge in [0.2, 0.25) is 0 Å². The van der Waals surface area contributed by atoms with Gasteiger partial charge >= 0.3 is 0 Å². The van der Waals surface area contributed by atoms with Gasteiger partial charge in [-0.2, -0.15) is 0 Å². The summed E-state index contributed by atoms with van der Waals surface area (Å²) >= 11 is 0. The van der Waals surface area contributed by atoms with E-state index >= 15 is 0 Å². The lowest BCUT2D eigenvalue weighted by molar-refractivity contribution is 0.220. The standard InChI is InChI=1S/C20H23NO3S/c1-3-6-20(22)18-13-14-21(19-8-5-4-7-17(18)19)25(23,24)16-11-9-15(2)10-12-16/h4-5,7-13,20,22H,3,6,14H2,1-2H3. The molecule has 0 amide bonds. The van der Waals surface area contributed by atoms with Gasteiger partial charge in [0.05, 0.1) is 23.2 Å². The molecule has 0 saturated heterocycles. The molecule has 1 aliphatic rings. The summed E-state index contributed by atoms with van der Waals surface area (Å²) in [5, 5.41) is 10.4. The average molecular weight is 357 g/mol. The fourth-order valence-electron chi connectivity index (χ4n) is 3.13. The van der Waals surface area contributed by atoms with Gasteiger partial charge in [0.15, 0.2) is 0 Å². The van der Waals surface area contributed by atoms with Crippen molar-refractivity contribution in [3.8, 4) is 0 Å². The van der Waals surface area contributed by atoms with Crippen molar-refractivity contribution in [1.82, 2.24) is 0 Å². The highest BCUT2D eigenvalue weighted by Gasteiger charge is 2.30. The monoisotopic (exact) mass is 357 g/mol. The number of aliphatic hydroxyl groups excluding tert-OH is 1. The molecule has 1 heterocycles. The Morgan fingerprint density at radius 3 is 2.48 bits per heavy atom. The van der Waals surface area contributed by atoms with Crippen LogP contribution in [0.2, 0.25) is 0 Å². The molecule has 0 aliphatic carbocycles. The van der Waals surface area contributed by atoms with Crippen LogP contribution in [0.3, 0.4) is 0 Å². The summed E-state index contributed by atoms with van der Waals surface area (Å²) in [5.74, 6) is 0. The zero-order valence-electron chi connectivity index (χ0n) is 14.5. The molecule has 0 radical (unpaired) electrons. The first-order chi connectivity index (χ1) is 11.9. The van der Waals surface area contributed by atoms with Crippen molar-refractivity contribution in [3.63, 3.8) is 0 Å². The summed E-state index contributed by atoms with van der Waals surface area (Å²) in [6.45, 7) is 4.17. The van der Waals surface area contributed by atoms with Crippen LogP contribution in [0, 0.1) is 6.92 Å². The van der Waals surface area contributed by atoms with Gasteiger partial charge in [-0.3, -0.25) is 4.31 Å². The first-order valence-corrected chi connectivity index (χ1v) is 9.96. The van der Waals surface area contributed by atoms with E-state index in [9.17, 15) is 13.5 Å². The highest BCUT2D eigenvalue weighted by atomic mass is 32.2. The molecule has 2 aromatic rings. The van der Waals surface area contributed by atoms with E-state index in [0.717, 1.165) is 23.1 Å². The molecule has 3 rings (SSSR count). The number of hydrogen-bond acceptors (Lipinski definition) is 3. The Bertz CT molecular complexity index is 885. The molecule has 1 N–H and O–H groups in total. The van der Waals surface area contributed by atoms with E-state index in [-0.39, 0.29) is 11.4 Å². The Morgan fingerprint density at radius 2 is 1.80 bits per heavy atom. The molecule has 1 atom stereocenters. The number of sulfonamides is 1. The van der Waals surface area contributed by atoms with Gasteiger partial charge in [-0.15, -0.1) is 0 Å². The van der Waals surface area contributed by atoms with Crippen LogP contribution in [0.1, 0.15) is 30.9 Å². The quantitative estimate of drug-likeness (QED) is 0.887. The lowest BCUT2D eigenvalue weighted by atomic mass is 9.93. The van der Waals surface area contributed by atoms with E-state index in [4.69, 9.17) is 0 Å². The highest BCUT2D eigenvalue weighted by molar-refractivity contribution is 7.92. The number of hydrogen-bond donors (Lipinski definition) is 1. The Balaban J connectivity index is 2.04. The summed E-state index contributed by atoms with van der Waals surface area (Å²) in [6, 6.07) is 14.2. The molecule has 0 fully saturated rings. The fraction of sp³-hybridized carbons (Fsp3) is 0.300. The number of aliphatic hydroxyl groups is 1. The van der Waals surface area contributed by atoms with Crippen LogP contribution in [-0.4, -0.2) is 26.2 Å². The second-order valence-corrected chi connectivity index (χ2v) is 8.19. The number of benzene rings is 2. The van der Waals surface area contributed by atoms with Gasteiger partial charge < -0.3 is 5.11 Å². The highest BCUT2D eigenvalue weighted by Crippen LogP contribution is 2.37. The van der Waals surface area contributed by atoms with Crippen LogP contribution in [0.15, 0.2) is 59.5 Å². The summed E-state index contributed by atoms with van der Waals surface area (Å²) in [4.78, 5) is 0.277. The molecule has 2 aromatic carbocycles. The predicted molar refractivity (Wildman–Crippen MR) is 101 cm³/mol. The van der Waals surface area contributed by atoms with Crippen molar-refractivity contribution in [2.24, 2.45) is 0 Å². The molecule has 0 spiro atoms. The van der Waals surface area contributed by atoms with E-state index in [0.29, 0.717) is 12.1 Å². The van der Waals surface area contributed by atoms with Crippen LogP contribution in [-0.2, 0) is 10.0 Å². The normalized spacial score (nSPS) is 15.5. The van der Waals surface area contributed by atoms with Crippen molar-refractivity contribution in [1.29, 1.82) is 0 Å². The zero-order valence-corrected chi connectivity index (χ0v) is 15.3. The average Bonchev–Trinajstić information content (AvgIpc) is 2.61. The van der Waals surface area contributed by atoms with Crippen LogP contribution in [0.25, 0.3) is 5.57 Å². The summed E-state index contributed by atoms with van der Waals surface area (Å²) in [6.07, 6.45) is 2.78. The minimum absolute atomic E-state index is 0.226. The number of fused-ring (bicyclic) bond motifs is 1. The molecule has 4 nitrogen and oxygen atoms in total. The van der Waals surface area contributed by atoms with E-state index in [2.05, 4.69) is 0 Å². The summed E-state index contributed by atoms with van der Waals surface area (Å²) in [5.41, 5.74) is 3.23. The first kappa shape index (κ1) is 17.7. The molecular weight excluding hydrogens is 334 g/mol. The minimum atomic E-state index is -3.65. The van der Waals surface area contributed by atoms with E-state index < -0.39 is 16.1 Å². The minimum Gasteiger partial charge on any atom is -0.388 e. The maximum absolute atomic E-state index is 13.1. The Hall–Kier alpha value is -2.11. The molecular formula is C20H23NO3S. The van der Waals surface area contributed by atoms with Gasteiger partial charge in [0.25, 0.3) is 10.0 Å². The lowest BCUT2D eigenvalue weighted by Crippen LogP contribution is -2.35.